The number of benzene rings is 2. The lowest BCUT2D eigenvalue weighted by molar-refractivity contribution is -0.137. The minimum atomic E-state index is -4.40. The number of sulfonamides is 1. The first kappa shape index (κ1) is 22.6. The van der Waals surface area contributed by atoms with Gasteiger partial charge in [0.05, 0.1) is 17.0 Å². The Morgan fingerprint density at radius 1 is 0.788 bits per heavy atom. The summed E-state index contributed by atoms with van der Waals surface area (Å²) in [6.45, 7) is 1.88. The number of hydrogen-bond donors (Lipinski definition) is 1. The lowest BCUT2D eigenvalue weighted by atomic mass is 10.0. The van der Waals surface area contributed by atoms with Crippen molar-refractivity contribution in [2.45, 2.75) is 18.0 Å². The zero-order chi connectivity index (χ0) is 23.8. The highest BCUT2D eigenvalue weighted by Crippen LogP contribution is 2.32. The fourth-order valence-electron chi connectivity index (χ4n) is 3.38. The van der Waals surface area contributed by atoms with E-state index < -0.39 is 21.8 Å². The average molecular weight is 469 g/mol. The fourth-order valence-corrected chi connectivity index (χ4v) is 3.88. The summed E-state index contributed by atoms with van der Waals surface area (Å²) in [6, 6.07) is 17.3. The predicted molar refractivity (Wildman–Crippen MR) is 119 cm³/mol. The first-order valence-corrected chi connectivity index (χ1v) is 11.3. The Kier molecular flexibility index (Phi) is 5.77. The van der Waals surface area contributed by atoms with Crippen molar-refractivity contribution in [1.82, 2.24) is 9.97 Å². The number of alkyl halides is 3. The molecule has 0 aliphatic heterocycles. The minimum absolute atomic E-state index is 0.0938. The Bertz CT molecular complexity index is 1430. The van der Waals surface area contributed by atoms with Crippen molar-refractivity contribution in [3.8, 4) is 33.6 Å². The summed E-state index contributed by atoms with van der Waals surface area (Å²) in [5.41, 5.74) is 3.94. The molecule has 168 valence electrons. The second-order valence-corrected chi connectivity index (χ2v) is 9.09. The Morgan fingerprint density at radius 2 is 1.42 bits per heavy atom. The lowest BCUT2D eigenvalue weighted by Crippen LogP contribution is -2.12. The van der Waals surface area contributed by atoms with Crippen molar-refractivity contribution in [2.24, 2.45) is 5.14 Å². The van der Waals surface area contributed by atoms with E-state index in [0.717, 1.165) is 23.3 Å². The number of aromatic nitrogens is 2. The molecule has 0 aliphatic carbocycles. The van der Waals surface area contributed by atoms with Crippen molar-refractivity contribution in [1.29, 1.82) is 0 Å². The second-order valence-electron chi connectivity index (χ2n) is 7.53. The van der Waals surface area contributed by atoms with Gasteiger partial charge in [-0.15, -0.1) is 0 Å². The van der Waals surface area contributed by atoms with Gasteiger partial charge in [0.2, 0.25) is 10.0 Å². The van der Waals surface area contributed by atoms with Gasteiger partial charge in [0.25, 0.3) is 0 Å². The van der Waals surface area contributed by atoms with Crippen LogP contribution in [0.5, 0.6) is 0 Å². The van der Waals surface area contributed by atoms with Gasteiger partial charge >= 0.3 is 6.18 Å². The number of pyridine rings is 2. The summed E-state index contributed by atoms with van der Waals surface area (Å²) < 4.78 is 61.9. The Morgan fingerprint density at radius 3 is 2.06 bits per heavy atom. The van der Waals surface area contributed by atoms with Crippen LogP contribution in [0.3, 0.4) is 0 Å². The number of aryl methyl sites for hydroxylation is 1. The molecule has 5 nitrogen and oxygen atoms in total. The van der Waals surface area contributed by atoms with Crippen LogP contribution in [-0.2, 0) is 16.2 Å². The first-order valence-electron chi connectivity index (χ1n) is 9.76. The maximum absolute atomic E-state index is 12.9. The largest absolute Gasteiger partial charge is 0.416 e. The highest BCUT2D eigenvalue weighted by atomic mass is 32.2. The third-order valence-corrected chi connectivity index (χ3v) is 5.89. The molecule has 0 atom stereocenters. The molecule has 0 unspecified atom stereocenters. The molecule has 33 heavy (non-hydrogen) atoms. The first-order chi connectivity index (χ1) is 15.5. The average Bonchev–Trinajstić information content (AvgIpc) is 2.78. The van der Waals surface area contributed by atoms with Crippen LogP contribution < -0.4 is 5.14 Å². The van der Waals surface area contributed by atoms with Crippen LogP contribution in [-0.4, -0.2) is 18.4 Å². The van der Waals surface area contributed by atoms with Gasteiger partial charge in [-0.2, -0.15) is 13.2 Å². The highest BCUT2D eigenvalue weighted by molar-refractivity contribution is 7.89. The monoisotopic (exact) mass is 469 g/mol. The molecule has 2 heterocycles. The molecule has 0 radical (unpaired) electrons. The molecule has 0 fully saturated rings. The van der Waals surface area contributed by atoms with Crippen LogP contribution in [0.1, 0.15) is 11.1 Å². The summed E-state index contributed by atoms with van der Waals surface area (Å²) in [5.74, 6) is 0. The predicted octanol–water partition coefficient (Wildman–Crippen LogP) is 5.45. The second kappa shape index (κ2) is 8.42. The van der Waals surface area contributed by atoms with Crippen molar-refractivity contribution >= 4 is 10.0 Å². The molecular formula is C24H18F3N3O2S. The van der Waals surface area contributed by atoms with E-state index >= 15 is 0 Å². The molecule has 0 saturated heterocycles. The number of rotatable bonds is 4. The van der Waals surface area contributed by atoms with Gasteiger partial charge in [-0.05, 0) is 54.4 Å². The molecule has 0 saturated carbocycles. The van der Waals surface area contributed by atoms with Crippen molar-refractivity contribution in [2.75, 3.05) is 0 Å². The van der Waals surface area contributed by atoms with Gasteiger partial charge in [-0.3, -0.25) is 4.98 Å². The van der Waals surface area contributed by atoms with Gasteiger partial charge < -0.3 is 0 Å². The number of halogens is 3. The third kappa shape index (κ3) is 5.10. The maximum atomic E-state index is 12.9. The van der Waals surface area contributed by atoms with E-state index in [0.29, 0.717) is 28.1 Å². The van der Waals surface area contributed by atoms with Crippen LogP contribution in [0.15, 0.2) is 84.0 Å². The van der Waals surface area contributed by atoms with Crippen molar-refractivity contribution in [3.63, 3.8) is 0 Å². The topological polar surface area (TPSA) is 85.9 Å². The van der Waals surface area contributed by atoms with E-state index in [2.05, 4.69) is 9.97 Å². The van der Waals surface area contributed by atoms with Gasteiger partial charge in [-0.1, -0.05) is 30.3 Å². The summed E-state index contributed by atoms with van der Waals surface area (Å²) in [4.78, 5) is 8.52. The number of nitrogens with zero attached hydrogens (tertiary/aromatic N) is 2. The Hall–Kier alpha value is -3.56. The van der Waals surface area contributed by atoms with Crippen molar-refractivity contribution < 1.29 is 21.6 Å². The molecule has 2 aromatic heterocycles. The zero-order valence-electron chi connectivity index (χ0n) is 17.3. The van der Waals surface area contributed by atoms with Gasteiger partial charge in [0.15, 0.2) is 0 Å². The summed E-state index contributed by atoms with van der Waals surface area (Å²) in [5, 5.41) is 5.21. The summed E-state index contributed by atoms with van der Waals surface area (Å²) in [6.07, 6.45) is -1.69. The maximum Gasteiger partial charge on any atom is 0.416 e. The summed E-state index contributed by atoms with van der Waals surface area (Å²) in [7, 11) is -3.90. The summed E-state index contributed by atoms with van der Waals surface area (Å²) >= 11 is 0. The molecule has 0 aliphatic rings. The molecule has 2 aromatic carbocycles. The molecular weight excluding hydrogens is 451 g/mol. The Labute approximate surface area is 188 Å². The standard InChI is InChI=1S/C24H18F3N3O2S/c1-15-9-22(16-5-7-20(8-6-16)24(25,26)27)30-23(10-15)18-4-2-3-17(11-18)19-12-21(14-29-13-19)33(28,31)32/h2-14H,1H3,(H2,28,31,32). The van der Waals surface area contributed by atoms with Crippen LogP contribution in [0.4, 0.5) is 13.2 Å². The van der Waals surface area contributed by atoms with Crippen molar-refractivity contribution in [3.05, 3.63) is 90.3 Å². The number of nitrogens with two attached hydrogens (primary N) is 1. The molecule has 0 spiro atoms. The highest BCUT2D eigenvalue weighted by Gasteiger charge is 2.30. The number of hydrogen-bond acceptors (Lipinski definition) is 4. The van der Waals surface area contributed by atoms with Crippen LogP contribution in [0.2, 0.25) is 0 Å². The Balaban J connectivity index is 1.73. The van der Waals surface area contributed by atoms with E-state index in [1.165, 1.54) is 30.6 Å². The normalized spacial score (nSPS) is 12.0. The quantitative estimate of drug-likeness (QED) is 0.431. The van der Waals surface area contributed by atoms with Gasteiger partial charge in [-0.25, -0.2) is 18.5 Å². The van der Waals surface area contributed by atoms with Gasteiger partial charge in [0, 0.05) is 29.1 Å². The van der Waals surface area contributed by atoms with E-state index in [1.807, 2.05) is 25.1 Å². The fraction of sp³-hybridized carbons (Fsp3) is 0.0833. The molecule has 0 amide bonds. The van der Waals surface area contributed by atoms with E-state index in [-0.39, 0.29) is 4.90 Å². The van der Waals surface area contributed by atoms with E-state index in [9.17, 15) is 21.6 Å². The molecule has 4 aromatic rings. The van der Waals surface area contributed by atoms with Crippen LogP contribution in [0.25, 0.3) is 33.6 Å². The minimum Gasteiger partial charge on any atom is -0.263 e. The van der Waals surface area contributed by atoms with Crippen LogP contribution >= 0.6 is 0 Å². The zero-order valence-corrected chi connectivity index (χ0v) is 18.2. The lowest BCUT2D eigenvalue weighted by Gasteiger charge is -2.11. The number of primary sulfonamides is 1. The molecule has 2 N–H and O–H groups in total. The third-order valence-electron chi connectivity index (χ3n) is 5.01. The van der Waals surface area contributed by atoms with E-state index in [1.54, 1.807) is 18.2 Å². The van der Waals surface area contributed by atoms with Crippen LogP contribution in [0, 0.1) is 6.92 Å². The van der Waals surface area contributed by atoms with E-state index in [4.69, 9.17) is 5.14 Å². The molecule has 4 rings (SSSR count). The molecule has 9 heteroatoms. The molecule has 0 bridgehead atoms. The van der Waals surface area contributed by atoms with Gasteiger partial charge in [0.1, 0.15) is 4.90 Å². The smallest absolute Gasteiger partial charge is 0.263 e. The SMILES string of the molecule is Cc1cc(-c2ccc(C(F)(F)F)cc2)nc(-c2cccc(-c3cncc(S(N)(=O)=O)c3)c2)c1.